The fourth-order valence-corrected chi connectivity index (χ4v) is 4.48. The van der Waals surface area contributed by atoms with Crippen molar-refractivity contribution >= 4 is 24.3 Å². The van der Waals surface area contributed by atoms with E-state index in [9.17, 15) is 9.36 Å². The average Bonchev–Trinajstić information content (AvgIpc) is 2.84. The molecule has 0 saturated heterocycles. The van der Waals surface area contributed by atoms with Crippen LogP contribution in [0.25, 0.3) is 10.9 Å². The predicted molar refractivity (Wildman–Crippen MR) is 76.0 cm³/mol. The van der Waals surface area contributed by atoms with E-state index in [0.717, 1.165) is 16.5 Å². The highest BCUT2D eigenvalue weighted by atomic mass is 31.2. The average molecular weight is 293 g/mol. The second-order valence-electron chi connectivity index (χ2n) is 4.84. The molecule has 20 heavy (non-hydrogen) atoms. The molecule has 1 heterocycles. The molecule has 6 heteroatoms. The number of H-pyrrole nitrogens is 1. The van der Waals surface area contributed by atoms with Crippen molar-refractivity contribution in [3.8, 4) is 0 Å². The van der Waals surface area contributed by atoms with E-state index < -0.39 is 13.3 Å². The van der Waals surface area contributed by atoms with Gasteiger partial charge in [0.2, 0.25) is 0 Å². The zero-order chi connectivity index (χ0) is 14.3. The molecule has 2 aromatic rings. The van der Waals surface area contributed by atoms with Crippen molar-refractivity contribution in [3.63, 3.8) is 0 Å². The van der Waals surface area contributed by atoms with Crippen LogP contribution in [0.15, 0.2) is 24.3 Å². The van der Waals surface area contributed by atoms with Gasteiger partial charge in [-0.1, -0.05) is 18.2 Å². The van der Waals surface area contributed by atoms with Crippen molar-refractivity contribution in [1.82, 2.24) is 4.98 Å². The molecule has 1 aromatic carbocycles. The number of hydrogen-bond acceptors (Lipinski definition) is 4. The molecule has 0 aliphatic heterocycles. The second kappa shape index (κ2) is 4.85. The molecule has 106 valence electrons. The first-order chi connectivity index (χ1) is 9.60. The van der Waals surface area contributed by atoms with Gasteiger partial charge in [0.25, 0.3) is 0 Å². The molecule has 0 bridgehead atoms. The summed E-state index contributed by atoms with van der Waals surface area (Å²) in [5.74, 6) is -0.101. The Hall–Kier alpha value is -1.42. The third-order valence-electron chi connectivity index (χ3n) is 3.87. The molecule has 0 saturated carbocycles. The molecule has 0 radical (unpaired) electrons. The lowest BCUT2D eigenvalue weighted by atomic mass is 9.94. The van der Waals surface area contributed by atoms with Crippen LogP contribution in [0.3, 0.4) is 0 Å². The van der Waals surface area contributed by atoms with E-state index in [1.54, 1.807) is 0 Å². The number of Topliss-reactive ketones (excluding diaryl/α,β-unsaturated/α-hetero) is 1. The number of fused-ring (bicyclic) bond motifs is 3. The van der Waals surface area contributed by atoms with E-state index in [4.69, 9.17) is 9.05 Å². The molecule has 0 spiro atoms. The monoisotopic (exact) mass is 293 g/mol. The summed E-state index contributed by atoms with van der Waals surface area (Å²) in [7, 11) is -0.853. The summed E-state index contributed by atoms with van der Waals surface area (Å²) < 4.78 is 22.8. The van der Waals surface area contributed by atoms with Crippen LogP contribution in [0.4, 0.5) is 0 Å². The highest BCUT2D eigenvalue weighted by molar-refractivity contribution is 7.55. The van der Waals surface area contributed by atoms with Crippen LogP contribution >= 0.6 is 7.60 Å². The normalized spacial score (nSPS) is 19.3. The van der Waals surface area contributed by atoms with Gasteiger partial charge in [-0.15, -0.1) is 0 Å². The van der Waals surface area contributed by atoms with Gasteiger partial charge in [0.05, 0.1) is 0 Å². The Bertz CT molecular complexity index is 713. The number of nitrogens with one attached hydrogen (secondary N) is 1. The lowest BCUT2D eigenvalue weighted by molar-refractivity contribution is -0.119. The van der Waals surface area contributed by atoms with E-state index in [1.165, 1.54) is 14.2 Å². The third kappa shape index (κ3) is 1.85. The summed E-state index contributed by atoms with van der Waals surface area (Å²) in [4.78, 5) is 15.5. The quantitative estimate of drug-likeness (QED) is 0.882. The second-order valence-corrected chi connectivity index (χ2v) is 7.16. The van der Waals surface area contributed by atoms with Crippen molar-refractivity contribution in [2.45, 2.75) is 18.5 Å². The van der Waals surface area contributed by atoms with E-state index in [-0.39, 0.29) is 5.78 Å². The van der Waals surface area contributed by atoms with E-state index in [2.05, 4.69) is 4.98 Å². The minimum Gasteiger partial charge on any atom is -0.357 e. The van der Waals surface area contributed by atoms with Crippen molar-refractivity contribution < 1.29 is 18.4 Å². The molecule has 1 aromatic heterocycles. The molecule has 1 aliphatic rings. The zero-order valence-corrected chi connectivity index (χ0v) is 12.3. The number of hydrogen-bond donors (Lipinski definition) is 1. The van der Waals surface area contributed by atoms with Crippen LogP contribution in [0.1, 0.15) is 23.3 Å². The summed E-state index contributed by atoms with van der Waals surface area (Å²) in [6.45, 7) is 0. The van der Waals surface area contributed by atoms with E-state index in [0.29, 0.717) is 18.5 Å². The lowest BCUT2D eigenvalue weighted by Gasteiger charge is -2.26. The predicted octanol–water partition coefficient (Wildman–Crippen LogP) is 3.21. The fourth-order valence-electron chi connectivity index (χ4n) is 2.89. The fraction of sp³-hybridized carbons (Fsp3) is 0.357. The van der Waals surface area contributed by atoms with Crippen molar-refractivity contribution in [3.05, 3.63) is 35.5 Å². The maximum atomic E-state index is 12.7. The van der Waals surface area contributed by atoms with E-state index >= 15 is 0 Å². The smallest absolute Gasteiger partial charge is 0.346 e. The minimum absolute atomic E-state index is 0.101. The number of ketones is 1. The number of aromatic amines is 1. The summed E-state index contributed by atoms with van der Waals surface area (Å²) in [5, 5.41) is 1.07. The summed E-state index contributed by atoms with van der Waals surface area (Å²) in [6, 6.07) is 7.82. The number of carbonyl (C=O) groups excluding carboxylic acids is 1. The van der Waals surface area contributed by atoms with Gasteiger partial charge in [0.15, 0.2) is 11.4 Å². The maximum absolute atomic E-state index is 12.7. The number of benzene rings is 1. The van der Waals surface area contributed by atoms with Crippen LogP contribution in [-0.4, -0.2) is 25.0 Å². The number of aromatic nitrogens is 1. The maximum Gasteiger partial charge on any atom is 0.346 e. The Morgan fingerprint density at radius 3 is 2.60 bits per heavy atom. The molecule has 1 unspecified atom stereocenters. The molecule has 0 fully saturated rings. The van der Waals surface area contributed by atoms with Gasteiger partial charge in [-0.2, -0.15) is 0 Å². The first-order valence-electron chi connectivity index (χ1n) is 6.44. The number of aryl methyl sites for hydroxylation is 1. The van der Waals surface area contributed by atoms with Gasteiger partial charge >= 0.3 is 7.60 Å². The minimum atomic E-state index is -3.48. The van der Waals surface area contributed by atoms with E-state index in [1.807, 2.05) is 24.3 Å². The summed E-state index contributed by atoms with van der Waals surface area (Å²) in [5.41, 5.74) is 1.80. The molecular formula is C14H16NO4P. The Morgan fingerprint density at radius 2 is 1.90 bits per heavy atom. The number of para-hydroxylation sites is 1. The largest absolute Gasteiger partial charge is 0.357 e. The Morgan fingerprint density at radius 1 is 1.20 bits per heavy atom. The number of rotatable bonds is 3. The summed E-state index contributed by atoms with van der Waals surface area (Å²) >= 11 is 0. The van der Waals surface area contributed by atoms with Gasteiger partial charge in [-0.05, 0) is 18.1 Å². The van der Waals surface area contributed by atoms with Crippen molar-refractivity contribution in [2.75, 3.05) is 14.2 Å². The van der Waals surface area contributed by atoms with Crippen LogP contribution < -0.4 is 0 Å². The van der Waals surface area contributed by atoms with Crippen LogP contribution in [0, 0.1) is 0 Å². The molecule has 3 rings (SSSR count). The summed E-state index contributed by atoms with van der Waals surface area (Å²) in [6.07, 6.45) is 1.01. The SMILES string of the molecule is COP(=O)(OC)C1C(=O)CCc2c1[nH]c1ccccc21. The molecule has 5 nitrogen and oxygen atoms in total. The number of carbonyl (C=O) groups is 1. The third-order valence-corrected chi connectivity index (χ3v) is 6.07. The van der Waals surface area contributed by atoms with Gasteiger partial charge in [-0.3, -0.25) is 9.36 Å². The van der Waals surface area contributed by atoms with Gasteiger partial charge in [0, 0.05) is 37.2 Å². The molecule has 1 atom stereocenters. The molecular weight excluding hydrogens is 277 g/mol. The van der Waals surface area contributed by atoms with Crippen LogP contribution in [0.5, 0.6) is 0 Å². The van der Waals surface area contributed by atoms with Crippen LogP contribution in [0.2, 0.25) is 0 Å². The molecule has 1 N–H and O–H groups in total. The van der Waals surface area contributed by atoms with Gasteiger partial charge < -0.3 is 14.0 Å². The first kappa shape index (κ1) is 13.6. The topological polar surface area (TPSA) is 68.4 Å². The van der Waals surface area contributed by atoms with Gasteiger partial charge in [-0.25, -0.2) is 0 Å². The van der Waals surface area contributed by atoms with Crippen LogP contribution in [-0.2, 0) is 24.8 Å². The Labute approximate surface area is 116 Å². The first-order valence-corrected chi connectivity index (χ1v) is 8.05. The Balaban J connectivity index is 2.24. The van der Waals surface area contributed by atoms with Crippen molar-refractivity contribution in [1.29, 1.82) is 0 Å². The lowest BCUT2D eigenvalue weighted by Crippen LogP contribution is -2.21. The molecule has 0 amide bonds. The van der Waals surface area contributed by atoms with Gasteiger partial charge in [0.1, 0.15) is 0 Å². The van der Waals surface area contributed by atoms with Crippen molar-refractivity contribution in [2.24, 2.45) is 0 Å². The highest BCUT2D eigenvalue weighted by Crippen LogP contribution is 2.62. The zero-order valence-electron chi connectivity index (χ0n) is 11.4. The highest BCUT2D eigenvalue weighted by Gasteiger charge is 2.45. The standard InChI is InChI=1S/C14H16NO4P/c1-18-20(17,19-2)14-12(16)8-7-10-9-5-3-4-6-11(9)15-13(10)14/h3-6,14-15H,7-8H2,1-2H3. The Kier molecular flexibility index (Phi) is 3.28. The molecule has 1 aliphatic carbocycles.